The summed E-state index contributed by atoms with van der Waals surface area (Å²) in [5, 5.41) is 4.25. The highest BCUT2D eigenvalue weighted by Gasteiger charge is 2.06. The maximum atomic E-state index is 5.69. The molecule has 108 valence electrons. The Morgan fingerprint density at radius 3 is 2.81 bits per heavy atom. The van der Waals surface area contributed by atoms with Crippen LogP contribution in [-0.2, 0) is 6.54 Å². The van der Waals surface area contributed by atoms with Crippen LogP contribution in [0.1, 0.15) is 5.82 Å². The van der Waals surface area contributed by atoms with Crippen molar-refractivity contribution in [2.45, 2.75) is 6.54 Å². The zero-order valence-electron chi connectivity index (χ0n) is 11.8. The lowest BCUT2D eigenvalue weighted by Crippen LogP contribution is -2.17. The predicted octanol–water partition coefficient (Wildman–Crippen LogP) is 1.01. The van der Waals surface area contributed by atoms with Gasteiger partial charge in [0.1, 0.15) is 11.5 Å². The van der Waals surface area contributed by atoms with Gasteiger partial charge in [-0.3, -0.25) is 0 Å². The predicted molar refractivity (Wildman–Crippen MR) is 82.0 cm³/mol. The Labute approximate surface area is 121 Å². The molecule has 0 aromatic carbocycles. The molecule has 8 heteroatoms. The fraction of sp³-hybridized carbons (Fsp3) is 0.231. The molecule has 4 N–H and O–H groups in total. The molecule has 0 aliphatic heterocycles. The first-order valence-electron chi connectivity index (χ1n) is 6.47. The molecule has 0 saturated heterocycles. The first kappa shape index (κ1) is 13.1. The fourth-order valence-electron chi connectivity index (χ4n) is 1.90. The van der Waals surface area contributed by atoms with Crippen LogP contribution in [0.15, 0.2) is 24.4 Å². The molecule has 0 aliphatic rings. The Morgan fingerprint density at radius 1 is 1.14 bits per heavy atom. The highest BCUT2D eigenvalue weighted by molar-refractivity contribution is 5.77. The maximum absolute atomic E-state index is 5.69. The number of hydrogen-bond acceptors (Lipinski definition) is 7. The van der Waals surface area contributed by atoms with E-state index in [0.717, 1.165) is 16.9 Å². The normalized spacial score (nSPS) is 10.8. The first-order valence-corrected chi connectivity index (χ1v) is 6.47. The van der Waals surface area contributed by atoms with Crippen LogP contribution >= 0.6 is 0 Å². The topological polar surface area (TPSA) is 109 Å². The molecule has 0 spiro atoms. The van der Waals surface area contributed by atoms with Crippen molar-refractivity contribution in [1.82, 2.24) is 24.9 Å². The van der Waals surface area contributed by atoms with Gasteiger partial charge in [-0.05, 0) is 18.2 Å². The van der Waals surface area contributed by atoms with Crippen molar-refractivity contribution >= 4 is 28.7 Å². The van der Waals surface area contributed by atoms with Crippen molar-refractivity contribution in [3.05, 3.63) is 30.2 Å². The molecule has 3 heterocycles. The second kappa shape index (κ2) is 5.23. The van der Waals surface area contributed by atoms with E-state index in [4.69, 9.17) is 5.73 Å². The molecule has 0 atom stereocenters. The lowest BCUT2D eigenvalue weighted by molar-refractivity contribution is 0.879. The van der Waals surface area contributed by atoms with Crippen LogP contribution in [0.3, 0.4) is 0 Å². The van der Waals surface area contributed by atoms with Crippen molar-refractivity contribution in [3.63, 3.8) is 0 Å². The van der Waals surface area contributed by atoms with Crippen LogP contribution in [0.4, 0.5) is 17.7 Å². The molecule has 0 amide bonds. The third-order valence-electron chi connectivity index (χ3n) is 2.92. The Bertz CT molecular complexity index is 764. The lowest BCUT2D eigenvalue weighted by Gasteiger charge is -2.11. The number of nitrogens with one attached hydrogen (secondary N) is 2. The largest absolute Gasteiger partial charge is 0.368 e. The molecule has 0 unspecified atom stereocenters. The van der Waals surface area contributed by atoms with Crippen molar-refractivity contribution in [2.75, 3.05) is 30.0 Å². The van der Waals surface area contributed by atoms with Gasteiger partial charge in [0, 0.05) is 25.7 Å². The average Bonchev–Trinajstić information content (AvgIpc) is 2.92. The van der Waals surface area contributed by atoms with E-state index >= 15 is 0 Å². The molecule has 0 radical (unpaired) electrons. The summed E-state index contributed by atoms with van der Waals surface area (Å²) in [6, 6.07) is 5.88. The number of aromatic amines is 1. The van der Waals surface area contributed by atoms with Crippen LogP contribution in [-0.4, -0.2) is 39.0 Å². The van der Waals surface area contributed by atoms with Gasteiger partial charge in [-0.25, -0.2) is 4.98 Å². The molecule has 3 aromatic rings. The Hall–Kier alpha value is -2.90. The SMILES string of the molecule is CN(C)c1nc(N)nc(CNc2ccc3cc[nH]c3n2)n1. The summed E-state index contributed by atoms with van der Waals surface area (Å²) in [4.78, 5) is 21.8. The minimum absolute atomic E-state index is 0.207. The standard InChI is InChI=1S/C13H16N8/c1-21(2)13-19-10(18-12(14)20-13)7-16-9-4-3-8-5-6-15-11(8)17-9/h3-6H,7H2,1-2H3,(H2,15,16,17)(H2,14,18,19,20). The van der Waals surface area contributed by atoms with Crippen molar-refractivity contribution in [1.29, 1.82) is 0 Å². The van der Waals surface area contributed by atoms with Gasteiger partial charge in [-0.15, -0.1) is 0 Å². The zero-order valence-corrected chi connectivity index (χ0v) is 11.8. The Kier molecular flexibility index (Phi) is 3.27. The third kappa shape index (κ3) is 2.83. The number of hydrogen-bond donors (Lipinski definition) is 3. The Morgan fingerprint density at radius 2 is 2.00 bits per heavy atom. The van der Waals surface area contributed by atoms with Gasteiger partial charge in [0.25, 0.3) is 0 Å². The number of nitrogen functional groups attached to an aromatic ring is 1. The van der Waals surface area contributed by atoms with Crippen LogP contribution in [0, 0.1) is 0 Å². The molecule has 21 heavy (non-hydrogen) atoms. The number of pyridine rings is 1. The van der Waals surface area contributed by atoms with Crippen LogP contribution in [0.2, 0.25) is 0 Å². The first-order chi connectivity index (χ1) is 10.1. The molecule has 0 aliphatic carbocycles. The summed E-state index contributed by atoms with van der Waals surface area (Å²) >= 11 is 0. The van der Waals surface area contributed by atoms with Crippen LogP contribution in [0.25, 0.3) is 11.0 Å². The molecule has 3 rings (SSSR count). The van der Waals surface area contributed by atoms with E-state index in [0.29, 0.717) is 18.3 Å². The number of H-pyrrole nitrogens is 1. The summed E-state index contributed by atoms with van der Waals surface area (Å²) in [5.74, 6) is 2.06. The van der Waals surface area contributed by atoms with Gasteiger partial charge in [0.2, 0.25) is 11.9 Å². The smallest absolute Gasteiger partial charge is 0.229 e. The molecule has 3 aromatic heterocycles. The number of aromatic nitrogens is 5. The number of rotatable bonds is 4. The van der Waals surface area contributed by atoms with Crippen molar-refractivity contribution in [3.8, 4) is 0 Å². The Balaban J connectivity index is 1.77. The zero-order chi connectivity index (χ0) is 14.8. The second-order valence-corrected chi connectivity index (χ2v) is 4.77. The molecular weight excluding hydrogens is 268 g/mol. The van der Waals surface area contributed by atoms with Gasteiger partial charge >= 0.3 is 0 Å². The maximum Gasteiger partial charge on any atom is 0.229 e. The molecule has 8 nitrogen and oxygen atoms in total. The number of nitrogens with zero attached hydrogens (tertiary/aromatic N) is 5. The average molecular weight is 284 g/mol. The van der Waals surface area contributed by atoms with Gasteiger partial charge in [-0.2, -0.15) is 15.0 Å². The summed E-state index contributed by atoms with van der Waals surface area (Å²) in [5.41, 5.74) is 6.53. The van der Waals surface area contributed by atoms with E-state index in [1.54, 1.807) is 4.90 Å². The second-order valence-electron chi connectivity index (χ2n) is 4.77. The van der Waals surface area contributed by atoms with E-state index in [1.807, 2.05) is 38.5 Å². The number of anilines is 3. The molecule has 0 fully saturated rings. The minimum Gasteiger partial charge on any atom is -0.368 e. The van der Waals surface area contributed by atoms with Gasteiger partial charge < -0.3 is 20.9 Å². The highest BCUT2D eigenvalue weighted by Crippen LogP contribution is 2.14. The highest BCUT2D eigenvalue weighted by atomic mass is 15.3. The summed E-state index contributed by atoms with van der Waals surface area (Å²) in [6.45, 7) is 0.423. The van der Waals surface area contributed by atoms with Crippen LogP contribution in [0.5, 0.6) is 0 Å². The van der Waals surface area contributed by atoms with Gasteiger partial charge in [0.15, 0.2) is 5.82 Å². The molecule has 0 saturated carbocycles. The van der Waals surface area contributed by atoms with E-state index in [1.165, 1.54) is 0 Å². The minimum atomic E-state index is 0.207. The summed E-state index contributed by atoms with van der Waals surface area (Å²) in [7, 11) is 3.71. The van der Waals surface area contributed by atoms with Crippen molar-refractivity contribution in [2.24, 2.45) is 0 Å². The molecule has 0 bridgehead atoms. The van der Waals surface area contributed by atoms with E-state index in [2.05, 4.69) is 30.2 Å². The van der Waals surface area contributed by atoms with Crippen molar-refractivity contribution < 1.29 is 0 Å². The quantitative estimate of drug-likeness (QED) is 0.656. The van der Waals surface area contributed by atoms with Crippen LogP contribution < -0.4 is 16.0 Å². The summed E-state index contributed by atoms with van der Waals surface area (Å²) < 4.78 is 0. The number of nitrogens with two attached hydrogens (primary N) is 1. The fourth-order valence-corrected chi connectivity index (χ4v) is 1.90. The summed E-state index contributed by atoms with van der Waals surface area (Å²) in [6.07, 6.45) is 1.86. The lowest BCUT2D eigenvalue weighted by atomic mass is 10.3. The van der Waals surface area contributed by atoms with E-state index in [9.17, 15) is 0 Å². The number of fused-ring (bicyclic) bond motifs is 1. The van der Waals surface area contributed by atoms with E-state index in [-0.39, 0.29) is 5.95 Å². The third-order valence-corrected chi connectivity index (χ3v) is 2.92. The van der Waals surface area contributed by atoms with E-state index < -0.39 is 0 Å². The van der Waals surface area contributed by atoms with Gasteiger partial charge in [0.05, 0.1) is 6.54 Å². The van der Waals surface area contributed by atoms with Gasteiger partial charge in [-0.1, -0.05) is 0 Å². The monoisotopic (exact) mass is 284 g/mol. The molecular formula is C13H16N8.